The van der Waals surface area contributed by atoms with Gasteiger partial charge in [0.15, 0.2) is 0 Å². The zero-order valence-corrected chi connectivity index (χ0v) is 21.9. The van der Waals surface area contributed by atoms with Crippen LogP contribution in [0.1, 0.15) is 5.56 Å². The van der Waals surface area contributed by atoms with Crippen LogP contribution in [-0.4, -0.2) is 77.4 Å². The normalized spacial score (nSPS) is 19.2. The Morgan fingerprint density at radius 1 is 0.953 bits per heavy atom. The number of pyridine rings is 1. The lowest BCUT2D eigenvalue weighted by Crippen LogP contribution is -2.69. The topological polar surface area (TPSA) is 94.4 Å². The third-order valence-electron chi connectivity index (χ3n) is 7.95. The minimum atomic E-state index is -5.62. The summed E-state index contributed by atoms with van der Waals surface area (Å²) in [6, 6.07) is 6.36. The van der Waals surface area contributed by atoms with E-state index in [0.29, 0.717) is 33.5 Å². The Kier molecular flexibility index (Phi) is 5.59. The number of halogens is 7. The molecule has 1 saturated heterocycles. The molecule has 2 aliphatic rings. The molecule has 4 aromatic heterocycles. The van der Waals surface area contributed by atoms with E-state index >= 15 is 4.39 Å². The molecule has 2 aliphatic heterocycles. The second kappa shape index (κ2) is 8.87. The average Bonchev–Trinajstić information content (AvgIpc) is 3.59. The predicted molar refractivity (Wildman–Crippen MR) is 139 cm³/mol. The van der Waals surface area contributed by atoms with E-state index in [-0.39, 0.29) is 35.7 Å². The molecule has 0 radical (unpaired) electrons. The lowest BCUT2D eigenvalue weighted by molar-refractivity contribution is -0.333. The fourth-order valence-electron chi connectivity index (χ4n) is 5.92. The zero-order chi connectivity index (χ0) is 30.5. The highest BCUT2D eigenvalue weighted by molar-refractivity contribution is 6.00. The first-order valence-corrected chi connectivity index (χ1v) is 13.0. The smallest absolute Gasteiger partial charge is 0.345 e. The number of nitrogens with one attached hydrogen (secondary N) is 2. The van der Waals surface area contributed by atoms with Crippen LogP contribution in [0.5, 0.6) is 0 Å². The number of hydrogen-bond acceptors (Lipinski definition) is 3. The minimum absolute atomic E-state index is 0.00663. The number of carbonyl (C=O) groups excluding carboxylic acids is 1. The third kappa shape index (κ3) is 3.88. The molecule has 16 heteroatoms. The van der Waals surface area contributed by atoms with E-state index in [9.17, 15) is 35.9 Å². The van der Waals surface area contributed by atoms with Crippen LogP contribution in [0.15, 0.2) is 53.7 Å². The van der Waals surface area contributed by atoms with Crippen molar-refractivity contribution in [3.05, 3.63) is 70.7 Å². The van der Waals surface area contributed by atoms with E-state index in [0.717, 1.165) is 11.0 Å². The number of H-pyrrole nitrogens is 2. The molecule has 43 heavy (non-hydrogen) atoms. The minimum Gasteiger partial charge on any atom is -0.345 e. The highest BCUT2D eigenvalue weighted by atomic mass is 19.3. The van der Waals surface area contributed by atoms with Crippen molar-refractivity contribution in [1.82, 2.24) is 33.9 Å². The number of piperidine rings is 1. The molecule has 0 unspecified atom stereocenters. The molecule has 6 heterocycles. The number of hydrogen-bond donors (Lipinski definition) is 2. The molecule has 0 aliphatic carbocycles. The predicted octanol–water partition coefficient (Wildman–Crippen LogP) is 4.94. The first-order chi connectivity index (χ1) is 20.3. The number of urea groups is 1. The lowest BCUT2D eigenvalue weighted by atomic mass is 9.98. The molecule has 0 saturated carbocycles. The van der Waals surface area contributed by atoms with Crippen LogP contribution in [0.3, 0.4) is 0 Å². The van der Waals surface area contributed by atoms with Crippen LogP contribution in [0.4, 0.5) is 35.5 Å². The van der Waals surface area contributed by atoms with Gasteiger partial charge >= 0.3 is 23.8 Å². The lowest BCUT2D eigenvalue weighted by Gasteiger charge is -2.43. The molecule has 7 rings (SSSR count). The van der Waals surface area contributed by atoms with Gasteiger partial charge in [-0.1, -0.05) is 6.07 Å². The summed E-state index contributed by atoms with van der Waals surface area (Å²) in [7, 11) is 0. The Morgan fingerprint density at radius 2 is 1.70 bits per heavy atom. The number of carbonyl (C=O) groups is 1. The van der Waals surface area contributed by atoms with Gasteiger partial charge in [-0.15, -0.1) is 0 Å². The maximum atomic E-state index is 15.0. The number of likely N-dealkylation sites (tertiary alicyclic amines) is 1. The van der Waals surface area contributed by atoms with Gasteiger partial charge in [0.1, 0.15) is 11.5 Å². The second-order valence-electron chi connectivity index (χ2n) is 10.6. The fraction of sp³-hybridized carbons (Fsp3) is 0.296. The molecule has 0 bridgehead atoms. The van der Waals surface area contributed by atoms with Crippen LogP contribution in [0.2, 0.25) is 0 Å². The molecular formula is C27H20F7N7O2. The molecule has 1 fully saturated rings. The van der Waals surface area contributed by atoms with Gasteiger partial charge in [0.2, 0.25) is 0 Å². The number of imidazole rings is 1. The number of benzene rings is 1. The standard InChI is InChI=1S/C27H20F7N7O2/c28-15-7-14-10-39(24(43)40-12-25(29,30)27(33,34)26(31,32)13-40)6-5-38-11-17(16(8-15)22(14)38)21-20(23(42)37-36-21)18-9-35-19-3-1-2-4-41(18)19/h1-4,7-9,11H,5-6,10,12-13H2,(H2,36,37,42). The Labute approximate surface area is 236 Å². The molecule has 2 N–H and O–H groups in total. The highest BCUT2D eigenvalue weighted by Gasteiger charge is 2.75. The summed E-state index contributed by atoms with van der Waals surface area (Å²) in [6.45, 7) is -4.33. The van der Waals surface area contributed by atoms with Gasteiger partial charge in [0.05, 0.1) is 41.8 Å². The van der Waals surface area contributed by atoms with Gasteiger partial charge < -0.3 is 14.4 Å². The number of nitrogens with zero attached hydrogens (tertiary/aromatic N) is 5. The van der Waals surface area contributed by atoms with Crippen molar-refractivity contribution < 1.29 is 35.5 Å². The number of alkyl halides is 6. The fourth-order valence-corrected chi connectivity index (χ4v) is 5.92. The molecule has 1 aromatic carbocycles. The SMILES string of the molecule is O=C(N1CCn2cc(-c3[nH][nH]c(=O)c3-c3cnc4ccccn34)c3cc(F)cc(c32)C1)N1CC(F)(F)C(F)(F)C(F)(F)C1. The Morgan fingerprint density at radius 3 is 2.44 bits per heavy atom. The molecule has 2 amide bonds. The van der Waals surface area contributed by atoms with Gasteiger partial charge in [-0.25, -0.2) is 14.2 Å². The van der Waals surface area contributed by atoms with Crippen LogP contribution in [-0.2, 0) is 13.1 Å². The van der Waals surface area contributed by atoms with E-state index in [2.05, 4.69) is 15.2 Å². The monoisotopic (exact) mass is 607 g/mol. The summed E-state index contributed by atoms with van der Waals surface area (Å²) in [5.74, 6) is -16.7. The van der Waals surface area contributed by atoms with Crippen LogP contribution in [0.25, 0.3) is 39.1 Å². The number of aromatic nitrogens is 5. The van der Waals surface area contributed by atoms with Crippen molar-refractivity contribution in [2.45, 2.75) is 30.9 Å². The summed E-state index contributed by atoms with van der Waals surface area (Å²) in [6.07, 6.45) is 4.88. The molecule has 9 nitrogen and oxygen atoms in total. The van der Waals surface area contributed by atoms with Gasteiger partial charge in [-0.05, 0) is 29.8 Å². The van der Waals surface area contributed by atoms with E-state index in [4.69, 9.17) is 0 Å². The number of aromatic amines is 2. The summed E-state index contributed by atoms with van der Waals surface area (Å²) < 4.78 is 102. The van der Waals surface area contributed by atoms with Crippen LogP contribution < -0.4 is 5.56 Å². The zero-order valence-electron chi connectivity index (χ0n) is 21.9. The van der Waals surface area contributed by atoms with Crippen molar-refractivity contribution in [1.29, 1.82) is 0 Å². The number of amides is 2. The number of rotatable bonds is 2. The number of fused-ring (bicyclic) bond motifs is 1. The summed E-state index contributed by atoms with van der Waals surface area (Å²) in [4.78, 5) is 31.4. The van der Waals surface area contributed by atoms with Gasteiger partial charge in [-0.2, -0.15) is 26.3 Å². The Bertz CT molecular complexity index is 1970. The van der Waals surface area contributed by atoms with Crippen molar-refractivity contribution in [2.75, 3.05) is 19.6 Å². The van der Waals surface area contributed by atoms with E-state index in [1.165, 1.54) is 12.3 Å². The molecular weight excluding hydrogens is 587 g/mol. The molecule has 0 spiro atoms. The van der Waals surface area contributed by atoms with Crippen molar-refractivity contribution in [3.63, 3.8) is 0 Å². The third-order valence-corrected chi connectivity index (χ3v) is 7.95. The van der Waals surface area contributed by atoms with Crippen molar-refractivity contribution in [2.24, 2.45) is 0 Å². The van der Waals surface area contributed by atoms with Gasteiger partial charge in [0, 0.05) is 43.0 Å². The molecule has 5 aromatic rings. The van der Waals surface area contributed by atoms with Gasteiger partial charge in [-0.3, -0.25) is 19.4 Å². The average molecular weight is 607 g/mol. The Hall–Kier alpha value is -4.76. The summed E-state index contributed by atoms with van der Waals surface area (Å²) in [5.41, 5.74) is 2.29. The maximum Gasteiger partial charge on any atom is 0.375 e. The van der Waals surface area contributed by atoms with Gasteiger partial charge in [0.25, 0.3) is 5.56 Å². The first kappa shape index (κ1) is 27.1. The summed E-state index contributed by atoms with van der Waals surface area (Å²) in [5, 5.41) is 5.76. The van der Waals surface area contributed by atoms with Crippen LogP contribution in [0, 0.1) is 5.82 Å². The molecule has 0 atom stereocenters. The van der Waals surface area contributed by atoms with Crippen molar-refractivity contribution in [3.8, 4) is 22.5 Å². The highest BCUT2D eigenvalue weighted by Crippen LogP contribution is 2.49. The molecule has 224 valence electrons. The van der Waals surface area contributed by atoms with Crippen LogP contribution >= 0.6 is 0 Å². The van der Waals surface area contributed by atoms with E-state index < -0.39 is 48.3 Å². The van der Waals surface area contributed by atoms with E-state index in [1.807, 2.05) is 0 Å². The Balaban J connectivity index is 1.28. The van der Waals surface area contributed by atoms with E-state index in [1.54, 1.807) is 39.6 Å². The quantitative estimate of drug-likeness (QED) is 0.279. The second-order valence-corrected chi connectivity index (χ2v) is 10.6. The van der Waals surface area contributed by atoms with Crippen molar-refractivity contribution >= 4 is 22.6 Å². The maximum absolute atomic E-state index is 15.0. The summed E-state index contributed by atoms with van der Waals surface area (Å²) >= 11 is 0. The first-order valence-electron chi connectivity index (χ1n) is 13.0. The largest absolute Gasteiger partial charge is 0.375 e.